The van der Waals surface area contributed by atoms with Crippen molar-refractivity contribution >= 4 is 34.4 Å². The number of aryl methyl sites for hydroxylation is 1. The van der Waals surface area contributed by atoms with Crippen LogP contribution in [0, 0.1) is 18.3 Å². The third-order valence-corrected chi connectivity index (χ3v) is 4.92. The molecule has 3 rings (SSSR count). The molecule has 0 saturated heterocycles. The summed E-state index contributed by atoms with van der Waals surface area (Å²) in [6, 6.07) is 6.46. The first-order chi connectivity index (χ1) is 12.9. The van der Waals surface area contributed by atoms with E-state index in [2.05, 4.69) is 20.3 Å². The fourth-order valence-electron chi connectivity index (χ4n) is 2.47. The zero-order valence-corrected chi connectivity index (χ0v) is 18.7. The molecular formula is C18H16N5NaO3S. The standard InChI is InChI=1S/C18H17N5O3S.Na/c1-9-12(7-19)20-8-13-16(9)23-18(22-13)27-10(2)17(25)21-11-4-5-15(26-3)14(24)6-11;/h4-6,8,10,24H,1-3H3,(H,21,25)(H,22,23);/q;+1/p-1. The Bertz CT molecular complexity index is 1060. The van der Waals surface area contributed by atoms with Crippen molar-refractivity contribution in [2.75, 3.05) is 12.4 Å². The summed E-state index contributed by atoms with van der Waals surface area (Å²) in [5, 5.41) is 23.6. The van der Waals surface area contributed by atoms with Gasteiger partial charge in [-0.2, -0.15) is 5.26 Å². The number of ether oxygens (including phenoxy) is 1. The van der Waals surface area contributed by atoms with E-state index >= 15 is 0 Å². The van der Waals surface area contributed by atoms with E-state index in [-0.39, 0.29) is 47.0 Å². The number of H-pyrrole nitrogens is 1. The second-order valence-corrected chi connectivity index (χ2v) is 7.09. The van der Waals surface area contributed by atoms with Crippen LogP contribution < -0.4 is 44.7 Å². The molecule has 1 atom stereocenters. The first-order valence-electron chi connectivity index (χ1n) is 8.01. The zero-order valence-electron chi connectivity index (χ0n) is 15.9. The summed E-state index contributed by atoms with van der Waals surface area (Å²) >= 11 is 1.24. The number of aromatic amines is 1. The Morgan fingerprint density at radius 3 is 2.86 bits per heavy atom. The molecule has 2 aromatic heterocycles. The molecule has 0 aliphatic heterocycles. The number of fused-ring (bicyclic) bond motifs is 1. The number of carbonyl (C=O) groups excluding carboxylic acids is 1. The Hall–Kier alpha value is -2.25. The van der Waals surface area contributed by atoms with Crippen molar-refractivity contribution in [3.63, 3.8) is 0 Å². The van der Waals surface area contributed by atoms with E-state index in [1.54, 1.807) is 26.1 Å². The number of pyridine rings is 1. The first kappa shape index (κ1) is 22.0. The van der Waals surface area contributed by atoms with Gasteiger partial charge in [-0.05, 0) is 32.0 Å². The molecular weight excluding hydrogens is 389 g/mol. The molecule has 2 N–H and O–H groups in total. The minimum absolute atomic E-state index is 0. The molecule has 0 aliphatic rings. The SMILES string of the molecule is COc1ccc(NC(=O)C(C)Sc2nc3c(C)c(C#N)ncc3[nH]2)cc1[O-].[Na+]. The summed E-state index contributed by atoms with van der Waals surface area (Å²) in [6.45, 7) is 3.52. The molecule has 0 bridgehead atoms. The molecule has 1 aromatic carbocycles. The molecule has 0 radical (unpaired) electrons. The number of aromatic nitrogens is 3. The first-order valence-corrected chi connectivity index (χ1v) is 8.89. The van der Waals surface area contributed by atoms with E-state index in [9.17, 15) is 9.90 Å². The van der Waals surface area contributed by atoms with E-state index in [0.717, 1.165) is 0 Å². The zero-order chi connectivity index (χ0) is 19.6. The molecule has 28 heavy (non-hydrogen) atoms. The van der Waals surface area contributed by atoms with Gasteiger partial charge in [0, 0.05) is 11.3 Å². The number of nitriles is 1. The van der Waals surface area contributed by atoms with Crippen molar-refractivity contribution in [1.82, 2.24) is 15.0 Å². The summed E-state index contributed by atoms with van der Waals surface area (Å²) in [7, 11) is 1.41. The van der Waals surface area contributed by atoms with Crippen molar-refractivity contribution in [1.29, 1.82) is 5.26 Å². The smallest absolute Gasteiger partial charge is 0.870 e. The molecule has 3 aromatic rings. The summed E-state index contributed by atoms with van der Waals surface area (Å²) in [5.74, 6) is -0.347. The Balaban J connectivity index is 0.00000280. The molecule has 0 aliphatic carbocycles. The average molecular weight is 405 g/mol. The molecule has 1 unspecified atom stereocenters. The van der Waals surface area contributed by atoms with Crippen molar-refractivity contribution in [2.24, 2.45) is 0 Å². The van der Waals surface area contributed by atoms with Gasteiger partial charge in [0.15, 0.2) is 5.16 Å². The minimum Gasteiger partial charge on any atom is -0.870 e. The maximum Gasteiger partial charge on any atom is 1.00 e. The topological polar surface area (TPSA) is 127 Å². The number of thioether (sulfide) groups is 1. The van der Waals surface area contributed by atoms with Crippen LogP contribution in [0.25, 0.3) is 11.0 Å². The Labute approximate surface area is 188 Å². The fraction of sp³-hybridized carbons (Fsp3) is 0.222. The van der Waals surface area contributed by atoms with Crippen LogP contribution in [0.5, 0.6) is 11.5 Å². The van der Waals surface area contributed by atoms with Crippen LogP contribution in [-0.4, -0.2) is 33.2 Å². The number of hydrogen-bond acceptors (Lipinski definition) is 7. The quantitative estimate of drug-likeness (QED) is 0.426. The average Bonchev–Trinajstić information content (AvgIpc) is 3.05. The molecule has 0 spiro atoms. The third-order valence-electron chi connectivity index (χ3n) is 3.94. The predicted octanol–water partition coefficient (Wildman–Crippen LogP) is -0.656. The van der Waals surface area contributed by atoms with E-state index in [1.807, 2.05) is 6.07 Å². The second-order valence-electron chi connectivity index (χ2n) is 5.76. The molecule has 10 heteroatoms. The number of nitrogens with one attached hydrogen (secondary N) is 2. The normalized spacial score (nSPS) is 11.4. The van der Waals surface area contributed by atoms with Gasteiger partial charge >= 0.3 is 29.6 Å². The number of nitrogens with zero attached hydrogens (tertiary/aromatic N) is 3. The minimum atomic E-state index is -0.466. The van der Waals surface area contributed by atoms with Crippen LogP contribution in [-0.2, 0) is 4.79 Å². The summed E-state index contributed by atoms with van der Waals surface area (Å²) in [4.78, 5) is 24.0. The second kappa shape index (κ2) is 9.30. The number of imidazole rings is 1. The van der Waals surface area contributed by atoms with E-state index in [0.29, 0.717) is 33.1 Å². The number of methoxy groups -OCH3 is 1. The number of benzene rings is 1. The molecule has 0 fully saturated rings. The summed E-state index contributed by atoms with van der Waals surface area (Å²) < 4.78 is 4.92. The molecule has 0 saturated carbocycles. The maximum atomic E-state index is 12.4. The van der Waals surface area contributed by atoms with Crippen molar-refractivity contribution in [2.45, 2.75) is 24.3 Å². The van der Waals surface area contributed by atoms with Crippen LogP contribution >= 0.6 is 11.8 Å². The van der Waals surface area contributed by atoms with Crippen LogP contribution in [0.2, 0.25) is 0 Å². The van der Waals surface area contributed by atoms with Crippen molar-refractivity contribution in [3.8, 4) is 17.6 Å². The Kier molecular flexibility index (Phi) is 7.32. The van der Waals surface area contributed by atoms with Crippen molar-refractivity contribution < 1.29 is 44.2 Å². The largest absolute Gasteiger partial charge is 1.00 e. The molecule has 8 nitrogen and oxygen atoms in total. The number of carbonyl (C=O) groups is 1. The Morgan fingerprint density at radius 2 is 2.21 bits per heavy atom. The van der Waals surface area contributed by atoms with Crippen LogP contribution in [0.3, 0.4) is 0 Å². The van der Waals surface area contributed by atoms with E-state index < -0.39 is 5.25 Å². The maximum absolute atomic E-state index is 12.4. The van der Waals surface area contributed by atoms with Gasteiger partial charge in [-0.25, -0.2) is 9.97 Å². The molecule has 138 valence electrons. The van der Waals surface area contributed by atoms with Crippen molar-refractivity contribution in [3.05, 3.63) is 35.7 Å². The Morgan fingerprint density at radius 1 is 1.46 bits per heavy atom. The van der Waals surface area contributed by atoms with Crippen LogP contribution in [0.1, 0.15) is 18.2 Å². The van der Waals surface area contributed by atoms with Gasteiger partial charge in [-0.15, -0.1) is 0 Å². The number of rotatable bonds is 5. The fourth-order valence-corrected chi connectivity index (χ4v) is 3.28. The monoisotopic (exact) mass is 405 g/mol. The summed E-state index contributed by atoms with van der Waals surface area (Å²) in [5.41, 5.74) is 2.78. The van der Waals surface area contributed by atoms with Gasteiger partial charge in [0.05, 0.1) is 29.6 Å². The predicted molar refractivity (Wildman–Crippen MR) is 99.7 cm³/mol. The summed E-state index contributed by atoms with van der Waals surface area (Å²) in [6.07, 6.45) is 1.55. The van der Waals surface area contributed by atoms with Crippen LogP contribution in [0.4, 0.5) is 5.69 Å². The number of hydrogen-bond donors (Lipinski definition) is 2. The van der Waals surface area contributed by atoms with Gasteiger partial charge in [-0.1, -0.05) is 17.5 Å². The van der Waals surface area contributed by atoms with Gasteiger partial charge in [0.1, 0.15) is 17.5 Å². The number of anilines is 1. The van der Waals surface area contributed by atoms with Gasteiger partial charge < -0.3 is 20.1 Å². The number of amides is 1. The third kappa shape index (κ3) is 4.59. The van der Waals surface area contributed by atoms with Crippen LogP contribution in [0.15, 0.2) is 29.6 Å². The van der Waals surface area contributed by atoms with E-state index in [1.165, 1.54) is 31.0 Å². The van der Waals surface area contributed by atoms with Gasteiger partial charge in [-0.3, -0.25) is 4.79 Å². The van der Waals surface area contributed by atoms with Gasteiger partial charge in [0.2, 0.25) is 5.91 Å². The molecule has 1 amide bonds. The van der Waals surface area contributed by atoms with Gasteiger partial charge in [0.25, 0.3) is 0 Å². The molecule has 2 heterocycles. The van der Waals surface area contributed by atoms with E-state index in [4.69, 9.17) is 10.00 Å².